The van der Waals surface area contributed by atoms with Crippen LogP contribution < -0.4 is 11.1 Å². The third kappa shape index (κ3) is 5.14. The molecule has 1 aliphatic rings. The van der Waals surface area contributed by atoms with Gasteiger partial charge >= 0.3 is 5.97 Å². The molecule has 0 aromatic carbocycles. The zero-order valence-corrected chi connectivity index (χ0v) is 18.6. The molecule has 0 unspecified atom stereocenters. The lowest BCUT2D eigenvalue weighted by Gasteiger charge is -2.11. The first-order chi connectivity index (χ1) is 14.3. The summed E-state index contributed by atoms with van der Waals surface area (Å²) in [7, 11) is 0. The number of Topliss-reactive ketones (excluding diaryl/α,β-unsaturated/α-hetero) is 1. The maximum absolute atomic E-state index is 12.2. The number of carbonyl (C=O) groups excluding carboxylic acids is 4. The van der Waals surface area contributed by atoms with Crippen LogP contribution in [-0.2, 0) is 27.2 Å². The van der Waals surface area contributed by atoms with E-state index in [1.165, 1.54) is 22.7 Å². The van der Waals surface area contributed by atoms with E-state index in [0.717, 1.165) is 45.9 Å². The summed E-state index contributed by atoms with van der Waals surface area (Å²) in [6.07, 6.45) is 3.59. The zero-order chi connectivity index (χ0) is 21.8. The smallest absolute Gasteiger partial charge is 0.306 e. The van der Waals surface area contributed by atoms with E-state index >= 15 is 0 Å². The molecule has 7 nitrogen and oxygen atoms in total. The van der Waals surface area contributed by atoms with Gasteiger partial charge in [-0.1, -0.05) is 0 Å². The van der Waals surface area contributed by atoms with Crippen LogP contribution in [0.4, 0.5) is 5.00 Å². The van der Waals surface area contributed by atoms with Gasteiger partial charge in [0.2, 0.25) is 0 Å². The summed E-state index contributed by atoms with van der Waals surface area (Å²) in [5.41, 5.74) is 7.42. The molecule has 0 fully saturated rings. The van der Waals surface area contributed by atoms with E-state index in [1.54, 1.807) is 0 Å². The Hall–Kier alpha value is -2.52. The van der Waals surface area contributed by atoms with Gasteiger partial charge in [0.15, 0.2) is 12.4 Å². The third-order valence-electron chi connectivity index (χ3n) is 4.93. The van der Waals surface area contributed by atoms with Gasteiger partial charge < -0.3 is 15.8 Å². The molecule has 2 amide bonds. The average Bonchev–Trinajstić information content (AvgIpc) is 3.23. The summed E-state index contributed by atoms with van der Waals surface area (Å²) in [5, 5.41) is 3.05. The van der Waals surface area contributed by atoms with Gasteiger partial charge in [0, 0.05) is 26.6 Å². The van der Waals surface area contributed by atoms with E-state index < -0.39 is 24.4 Å². The molecule has 0 aliphatic heterocycles. The second-order valence-corrected chi connectivity index (χ2v) is 9.80. The molecule has 0 radical (unpaired) electrons. The maximum Gasteiger partial charge on any atom is 0.306 e. The normalized spacial score (nSPS) is 12.9. The van der Waals surface area contributed by atoms with Crippen molar-refractivity contribution in [2.45, 2.75) is 52.4 Å². The number of aryl methyl sites for hydroxylation is 3. The van der Waals surface area contributed by atoms with E-state index in [-0.39, 0.29) is 18.6 Å². The van der Waals surface area contributed by atoms with Crippen molar-refractivity contribution in [1.82, 2.24) is 0 Å². The minimum Gasteiger partial charge on any atom is -0.456 e. The molecule has 9 heteroatoms. The number of primary amides is 1. The highest BCUT2D eigenvalue weighted by molar-refractivity contribution is 7.17. The predicted octanol–water partition coefficient (Wildman–Crippen LogP) is 3.55. The zero-order valence-electron chi connectivity index (χ0n) is 17.0. The van der Waals surface area contributed by atoms with Crippen molar-refractivity contribution in [2.24, 2.45) is 5.73 Å². The highest BCUT2D eigenvalue weighted by Gasteiger charge is 2.25. The van der Waals surface area contributed by atoms with Crippen molar-refractivity contribution in [3.8, 4) is 0 Å². The Morgan fingerprint density at radius 3 is 2.50 bits per heavy atom. The number of ketones is 1. The quantitative estimate of drug-likeness (QED) is 0.473. The molecule has 160 valence electrons. The maximum atomic E-state index is 12.2. The van der Waals surface area contributed by atoms with E-state index in [2.05, 4.69) is 5.32 Å². The number of thiophene rings is 2. The largest absolute Gasteiger partial charge is 0.456 e. The minimum absolute atomic E-state index is 0.0287. The van der Waals surface area contributed by atoms with Gasteiger partial charge in [0.1, 0.15) is 5.00 Å². The minimum atomic E-state index is -0.622. The molecular weight excluding hydrogens is 424 g/mol. The van der Waals surface area contributed by atoms with Gasteiger partial charge in [-0.05, 0) is 51.2 Å². The summed E-state index contributed by atoms with van der Waals surface area (Å²) in [5.74, 6) is -1.85. The van der Waals surface area contributed by atoms with Crippen molar-refractivity contribution in [3.05, 3.63) is 37.4 Å². The molecule has 0 saturated carbocycles. The molecule has 0 spiro atoms. The number of carbonyl (C=O) groups is 4. The number of nitrogens with two attached hydrogens (primary N) is 1. The number of fused-ring (bicyclic) bond motifs is 1. The van der Waals surface area contributed by atoms with Gasteiger partial charge in [0.05, 0.1) is 12.0 Å². The van der Waals surface area contributed by atoms with Crippen LogP contribution in [-0.4, -0.2) is 30.2 Å². The molecular formula is C21H24N2O5S2. The first-order valence-corrected chi connectivity index (χ1v) is 11.4. The Morgan fingerprint density at radius 1 is 1.10 bits per heavy atom. The van der Waals surface area contributed by atoms with Crippen LogP contribution in [0.25, 0.3) is 0 Å². The fourth-order valence-corrected chi connectivity index (χ4v) is 5.81. The number of nitrogens with one attached hydrogen (secondary N) is 1. The Bertz CT molecular complexity index is 1010. The SMILES string of the molecule is Cc1cc(C(=O)CCC(=O)OCC(=O)Nc2sc3c(c2C(N)=O)CCCC3)c(C)s1. The Kier molecular flexibility index (Phi) is 7.04. The molecule has 30 heavy (non-hydrogen) atoms. The van der Waals surface area contributed by atoms with Gasteiger partial charge in [-0.25, -0.2) is 0 Å². The summed E-state index contributed by atoms with van der Waals surface area (Å²) in [6.45, 7) is 3.32. The van der Waals surface area contributed by atoms with Crippen molar-refractivity contribution < 1.29 is 23.9 Å². The standard InChI is InChI=1S/C21H24N2O5S2/c1-11-9-14(12(2)29-11)15(24)7-8-18(26)28-10-17(25)23-21-19(20(22)27)13-5-3-4-6-16(13)30-21/h9H,3-8,10H2,1-2H3,(H2,22,27)(H,23,25). The van der Waals surface area contributed by atoms with Crippen LogP contribution in [0, 0.1) is 13.8 Å². The highest BCUT2D eigenvalue weighted by Crippen LogP contribution is 2.37. The molecule has 2 aromatic rings. The molecule has 0 atom stereocenters. The van der Waals surface area contributed by atoms with E-state index in [1.807, 2.05) is 19.9 Å². The number of ether oxygens (including phenoxy) is 1. The van der Waals surface area contributed by atoms with Crippen LogP contribution in [0.2, 0.25) is 0 Å². The van der Waals surface area contributed by atoms with Crippen molar-refractivity contribution in [1.29, 1.82) is 0 Å². The topological polar surface area (TPSA) is 116 Å². The predicted molar refractivity (Wildman–Crippen MR) is 116 cm³/mol. The molecule has 0 saturated heterocycles. The Morgan fingerprint density at radius 2 is 1.83 bits per heavy atom. The highest BCUT2D eigenvalue weighted by atomic mass is 32.1. The second-order valence-electron chi connectivity index (χ2n) is 7.24. The lowest BCUT2D eigenvalue weighted by Crippen LogP contribution is -2.23. The van der Waals surface area contributed by atoms with Crippen LogP contribution in [0.3, 0.4) is 0 Å². The molecule has 2 aromatic heterocycles. The average molecular weight is 449 g/mol. The first-order valence-electron chi connectivity index (χ1n) is 9.76. The Balaban J connectivity index is 1.51. The van der Waals surface area contributed by atoms with Crippen molar-refractivity contribution >= 4 is 51.2 Å². The van der Waals surface area contributed by atoms with Crippen LogP contribution in [0.15, 0.2) is 6.07 Å². The van der Waals surface area contributed by atoms with Crippen LogP contribution in [0.5, 0.6) is 0 Å². The van der Waals surface area contributed by atoms with Gasteiger partial charge in [-0.2, -0.15) is 0 Å². The number of hydrogen-bond acceptors (Lipinski definition) is 7. The molecule has 3 rings (SSSR count). The lowest BCUT2D eigenvalue weighted by molar-refractivity contribution is -0.147. The van der Waals surface area contributed by atoms with E-state index in [4.69, 9.17) is 10.5 Å². The lowest BCUT2D eigenvalue weighted by atomic mass is 9.95. The number of amides is 2. The molecule has 3 N–H and O–H groups in total. The van der Waals surface area contributed by atoms with Crippen molar-refractivity contribution in [3.63, 3.8) is 0 Å². The summed E-state index contributed by atoms with van der Waals surface area (Å²) in [4.78, 5) is 51.3. The first kappa shape index (κ1) is 22.2. The van der Waals surface area contributed by atoms with Crippen LogP contribution >= 0.6 is 22.7 Å². The fourth-order valence-electron chi connectivity index (χ4n) is 3.55. The number of hydrogen-bond donors (Lipinski definition) is 2. The Labute approximate surface area is 182 Å². The van der Waals surface area contributed by atoms with E-state index in [0.29, 0.717) is 16.1 Å². The second kappa shape index (κ2) is 9.53. The number of esters is 1. The number of rotatable bonds is 8. The molecule has 0 bridgehead atoms. The number of anilines is 1. The van der Waals surface area contributed by atoms with Crippen LogP contribution in [0.1, 0.15) is 66.6 Å². The van der Waals surface area contributed by atoms with Crippen molar-refractivity contribution in [2.75, 3.05) is 11.9 Å². The summed E-state index contributed by atoms with van der Waals surface area (Å²) >= 11 is 2.89. The van der Waals surface area contributed by atoms with Gasteiger partial charge in [-0.3, -0.25) is 19.2 Å². The third-order valence-corrected chi connectivity index (χ3v) is 7.11. The van der Waals surface area contributed by atoms with E-state index in [9.17, 15) is 19.2 Å². The monoisotopic (exact) mass is 448 g/mol. The fraction of sp³-hybridized carbons (Fsp3) is 0.429. The van der Waals surface area contributed by atoms with Gasteiger partial charge in [-0.15, -0.1) is 22.7 Å². The summed E-state index contributed by atoms with van der Waals surface area (Å²) in [6, 6.07) is 1.82. The van der Waals surface area contributed by atoms with Gasteiger partial charge in [0.25, 0.3) is 11.8 Å². The summed E-state index contributed by atoms with van der Waals surface area (Å²) < 4.78 is 4.99. The molecule has 1 aliphatic carbocycles. The molecule has 2 heterocycles.